The van der Waals surface area contributed by atoms with Crippen LogP contribution in [0.4, 0.5) is 9.52 Å². The molecule has 0 bridgehead atoms. The normalized spacial score (nSPS) is 16.7. The predicted octanol–water partition coefficient (Wildman–Crippen LogP) is 5.49. The molecule has 198 valence electrons. The summed E-state index contributed by atoms with van der Waals surface area (Å²) in [6, 6.07) is 9.16. The van der Waals surface area contributed by atoms with Crippen molar-refractivity contribution in [2.24, 2.45) is 0 Å². The van der Waals surface area contributed by atoms with E-state index in [0.29, 0.717) is 29.2 Å². The Morgan fingerprint density at radius 3 is 2.50 bits per heavy atom. The largest absolute Gasteiger partial charge is 0.507 e. The SMILES string of the molecule is CCCCOc1ccc(/C(O)=C2\C(=O)C(=O)N(c3nc(C)c(C(=O)OC)s3)C2c2ccc(F)cc2)cc1C. The third-order valence-electron chi connectivity index (χ3n) is 6.20. The molecule has 1 aliphatic rings. The number of aliphatic hydroxyl groups is 1. The standard InChI is InChI=1S/C28H27FN2O6S/c1-5-6-13-37-20-12-9-18(14-15(20)2)23(32)21-22(17-7-10-19(29)11-8-17)31(26(34)24(21)33)28-30-16(3)25(38-28)27(35)36-4/h7-12,14,22,32H,5-6,13H2,1-4H3/b23-21+. The van der Waals surface area contributed by atoms with E-state index in [-0.39, 0.29) is 21.3 Å². The zero-order valence-electron chi connectivity index (χ0n) is 21.4. The van der Waals surface area contributed by atoms with Crippen molar-refractivity contribution >= 4 is 39.9 Å². The van der Waals surface area contributed by atoms with Crippen LogP contribution in [0.25, 0.3) is 5.76 Å². The lowest BCUT2D eigenvalue weighted by atomic mass is 9.95. The van der Waals surface area contributed by atoms with E-state index < -0.39 is 29.5 Å². The number of benzene rings is 2. The van der Waals surface area contributed by atoms with Gasteiger partial charge < -0.3 is 14.6 Å². The third kappa shape index (κ3) is 5.04. The highest BCUT2D eigenvalue weighted by Gasteiger charge is 2.48. The summed E-state index contributed by atoms with van der Waals surface area (Å²) in [5.41, 5.74) is 1.60. The molecule has 3 aromatic rings. The van der Waals surface area contributed by atoms with E-state index in [1.54, 1.807) is 25.1 Å². The number of aryl methyl sites for hydroxylation is 2. The number of thiazole rings is 1. The molecule has 1 unspecified atom stereocenters. The van der Waals surface area contributed by atoms with Gasteiger partial charge in [-0.1, -0.05) is 36.8 Å². The van der Waals surface area contributed by atoms with Crippen molar-refractivity contribution in [1.29, 1.82) is 0 Å². The van der Waals surface area contributed by atoms with Crippen molar-refractivity contribution in [3.63, 3.8) is 0 Å². The molecule has 1 saturated heterocycles. The van der Waals surface area contributed by atoms with Crippen molar-refractivity contribution < 1.29 is 33.4 Å². The topological polar surface area (TPSA) is 106 Å². The van der Waals surface area contributed by atoms with Gasteiger partial charge in [-0.2, -0.15) is 0 Å². The number of Topliss-reactive ketones (excluding diaryl/α,β-unsaturated/α-hetero) is 1. The smallest absolute Gasteiger partial charge is 0.350 e. The first-order valence-corrected chi connectivity index (χ1v) is 12.9. The Morgan fingerprint density at radius 1 is 1.16 bits per heavy atom. The first-order valence-electron chi connectivity index (χ1n) is 12.0. The quantitative estimate of drug-likeness (QED) is 0.133. The van der Waals surface area contributed by atoms with E-state index in [1.165, 1.54) is 31.4 Å². The van der Waals surface area contributed by atoms with Crippen LogP contribution in [0, 0.1) is 19.7 Å². The molecule has 0 saturated carbocycles. The summed E-state index contributed by atoms with van der Waals surface area (Å²) >= 11 is 0.893. The Morgan fingerprint density at radius 2 is 1.87 bits per heavy atom. The fourth-order valence-corrected chi connectivity index (χ4v) is 5.21. The molecule has 0 aliphatic carbocycles. The molecule has 1 amide bonds. The number of anilines is 1. The minimum Gasteiger partial charge on any atom is -0.507 e. The molecule has 1 aliphatic heterocycles. The molecular formula is C28H27FN2O6S. The molecule has 0 radical (unpaired) electrons. The highest BCUT2D eigenvalue weighted by molar-refractivity contribution is 7.17. The second-order valence-corrected chi connectivity index (χ2v) is 9.78. The zero-order valence-corrected chi connectivity index (χ0v) is 22.2. The Bertz CT molecular complexity index is 1430. The number of methoxy groups -OCH3 is 1. The molecule has 1 aromatic heterocycles. The maximum atomic E-state index is 13.8. The van der Waals surface area contributed by atoms with E-state index in [9.17, 15) is 23.9 Å². The van der Waals surface area contributed by atoms with Gasteiger partial charge in [0.1, 0.15) is 22.2 Å². The Balaban J connectivity index is 1.84. The summed E-state index contributed by atoms with van der Waals surface area (Å²) < 4.78 is 24.3. The van der Waals surface area contributed by atoms with Crippen LogP contribution >= 0.6 is 11.3 Å². The van der Waals surface area contributed by atoms with Gasteiger partial charge >= 0.3 is 11.9 Å². The lowest BCUT2D eigenvalue weighted by molar-refractivity contribution is -0.132. The number of aliphatic hydroxyl groups excluding tert-OH is 1. The van der Waals surface area contributed by atoms with Crippen molar-refractivity contribution in [2.75, 3.05) is 18.6 Å². The Labute approximate surface area is 223 Å². The molecule has 2 aromatic carbocycles. The monoisotopic (exact) mass is 538 g/mol. The average Bonchev–Trinajstić information content (AvgIpc) is 3.41. The fraction of sp³-hybridized carbons (Fsp3) is 0.286. The van der Waals surface area contributed by atoms with Crippen LogP contribution in [0.15, 0.2) is 48.0 Å². The van der Waals surface area contributed by atoms with E-state index in [2.05, 4.69) is 11.9 Å². The van der Waals surface area contributed by atoms with Gasteiger partial charge in [-0.3, -0.25) is 14.5 Å². The number of hydrogen-bond donors (Lipinski definition) is 1. The van der Waals surface area contributed by atoms with Crippen LogP contribution in [0.3, 0.4) is 0 Å². The van der Waals surface area contributed by atoms with E-state index >= 15 is 0 Å². The molecule has 0 spiro atoms. The number of amides is 1. The van der Waals surface area contributed by atoms with Crippen LogP contribution in [-0.4, -0.2) is 41.5 Å². The van der Waals surface area contributed by atoms with E-state index in [0.717, 1.165) is 34.6 Å². The molecule has 38 heavy (non-hydrogen) atoms. The molecule has 4 rings (SSSR count). The van der Waals surface area contributed by atoms with Gasteiger partial charge in [-0.25, -0.2) is 14.2 Å². The number of nitrogens with zero attached hydrogens (tertiary/aromatic N) is 2. The summed E-state index contributed by atoms with van der Waals surface area (Å²) in [5, 5.41) is 11.4. The molecule has 1 N–H and O–H groups in total. The molecule has 1 atom stereocenters. The van der Waals surface area contributed by atoms with Gasteiger partial charge in [0.2, 0.25) is 0 Å². The maximum absolute atomic E-state index is 13.8. The summed E-state index contributed by atoms with van der Waals surface area (Å²) in [5.74, 6) is -2.72. The first kappa shape index (κ1) is 27.0. The van der Waals surface area contributed by atoms with Crippen LogP contribution in [-0.2, 0) is 14.3 Å². The second kappa shape index (κ2) is 11.1. The average molecular weight is 539 g/mol. The molecule has 1 fully saturated rings. The van der Waals surface area contributed by atoms with Gasteiger partial charge in [0, 0.05) is 5.56 Å². The molecule has 10 heteroatoms. The van der Waals surface area contributed by atoms with Gasteiger partial charge in [0.15, 0.2) is 5.13 Å². The van der Waals surface area contributed by atoms with Gasteiger partial charge in [-0.15, -0.1) is 0 Å². The van der Waals surface area contributed by atoms with Gasteiger partial charge in [0.25, 0.3) is 5.78 Å². The molecule has 8 nitrogen and oxygen atoms in total. The fourth-order valence-electron chi connectivity index (χ4n) is 4.20. The van der Waals surface area contributed by atoms with Crippen molar-refractivity contribution in [1.82, 2.24) is 4.98 Å². The van der Waals surface area contributed by atoms with E-state index in [1.807, 2.05) is 6.92 Å². The number of hydrogen-bond acceptors (Lipinski definition) is 8. The van der Waals surface area contributed by atoms with Crippen LogP contribution in [0.1, 0.15) is 57.9 Å². The number of carbonyl (C=O) groups excluding carboxylic acids is 3. The minimum absolute atomic E-state index is 0.0780. The first-order chi connectivity index (χ1) is 18.2. The van der Waals surface area contributed by atoms with Crippen LogP contribution in [0.2, 0.25) is 0 Å². The van der Waals surface area contributed by atoms with Gasteiger partial charge in [0.05, 0.1) is 31.0 Å². The highest BCUT2D eigenvalue weighted by atomic mass is 32.1. The zero-order chi connectivity index (χ0) is 27.6. The summed E-state index contributed by atoms with van der Waals surface area (Å²) in [7, 11) is 1.23. The number of esters is 1. The number of rotatable bonds is 8. The predicted molar refractivity (Wildman–Crippen MR) is 141 cm³/mol. The number of ketones is 1. The second-order valence-electron chi connectivity index (χ2n) is 8.81. The maximum Gasteiger partial charge on any atom is 0.350 e. The summed E-state index contributed by atoms with van der Waals surface area (Å²) in [6.07, 6.45) is 1.89. The summed E-state index contributed by atoms with van der Waals surface area (Å²) in [6.45, 7) is 6.02. The number of carbonyl (C=O) groups is 3. The van der Waals surface area contributed by atoms with Crippen molar-refractivity contribution in [2.45, 2.75) is 39.7 Å². The van der Waals surface area contributed by atoms with E-state index in [4.69, 9.17) is 9.47 Å². The Kier molecular flexibility index (Phi) is 7.91. The third-order valence-corrected chi connectivity index (χ3v) is 7.33. The lowest BCUT2D eigenvalue weighted by Gasteiger charge is -2.23. The number of halogens is 1. The highest BCUT2D eigenvalue weighted by Crippen LogP contribution is 2.44. The van der Waals surface area contributed by atoms with Crippen LogP contribution in [0.5, 0.6) is 5.75 Å². The Hall–Kier alpha value is -4.05. The number of ether oxygens (including phenoxy) is 2. The number of unbranched alkanes of at least 4 members (excludes halogenated alkanes) is 1. The number of aromatic nitrogens is 1. The lowest BCUT2D eigenvalue weighted by Crippen LogP contribution is -2.29. The van der Waals surface area contributed by atoms with Crippen LogP contribution < -0.4 is 9.64 Å². The van der Waals surface area contributed by atoms with Crippen molar-refractivity contribution in [3.05, 3.63) is 81.1 Å². The van der Waals surface area contributed by atoms with Gasteiger partial charge in [-0.05, 0) is 61.7 Å². The minimum atomic E-state index is -1.10. The molecule has 2 heterocycles. The van der Waals surface area contributed by atoms with Crippen molar-refractivity contribution in [3.8, 4) is 5.75 Å². The molecular weight excluding hydrogens is 511 g/mol. The summed E-state index contributed by atoms with van der Waals surface area (Å²) in [4.78, 5) is 44.5.